The highest BCUT2D eigenvalue weighted by Crippen LogP contribution is 2.29. The Kier molecular flexibility index (Phi) is 14.2. The van der Waals surface area contributed by atoms with E-state index in [1.807, 2.05) is 97.0 Å². The Hall–Kier alpha value is -4.69. The number of rotatable bonds is 15. The normalized spacial score (nSPS) is 16.1. The molecular formula is C42H64N8O6. The van der Waals surface area contributed by atoms with Crippen LogP contribution in [0.15, 0.2) is 48.5 Å². The number of urea groups is 1. The zero-order valence-electron chi connectivity index (χ0n) is 35.2. The van der Waals surface area contributed by atoms with Gasteiger partial charge in [-0.25, -0.2) is 19.6 Å². The van der Waals surface area contributed by atoms with Gasteiger partial charge in [0.05, 0.1) is 30.3 Å². The summed E-state index contributed by atoms with van der Waals surface area (Å²) in [7, 11) is 1.24. The molecule has 1 aliphatic heterocycles. The first-order chi connectivity index (χ1) is 26.0. The Morgan fingerprint density at radius 3 is 2.21 bits per heavy atom. The number of hydrogen-bond acceptors (Lipinski definition) is 8. The summed E-state index contributed by atoms with van der Waals surface area (Å²) in [6, 6.07) is 12.7. The third-order valence-corrected chi connectivity index (χ3v) is 10.0. The molecule has 3 aromatic rings. The van der Waals surface area contributed by atoms with E-state index in [4.69, 9.17) is 4.74 Å². The van der Waals surface area contributed by atoms with Gasteiger partial charge in [0, 0.05) is 32.7 Å². The van der Waals surface area contributed by atoms with Crippen molar-refractivity contribution in [2.75, 3.05) is 33.3 Å². The molecule has 0 bridgehead atoms. The van der Waals surface area contributed by atoms with E-state index in [-0.39, 0.29) is 23.9 Å². The number of hydrogen-bond donors (Lipinski definition) is 5. The first-order valence-corrected chi connectivity index (χ1v) is 19.5. The van der Waals surface area contributed by atoms with Gasteiger partial charge in [0.25, 0.3) is 5.91 Å². The van der Waals surface area contributed by atoms with E-state index >= 15 is 0 Å². The molecule has 0 radical (unpaired) electrons. The van der Waals surface area contributed by atoms with Crippen molar-refractivity contribution in [1.82, 2.24) is 40.8 Å². The molecule has 1 saturated heterocycles. The average Bonchev–Trinajstić information content (AvgIpc) is 3.64. The number of nitrogens with zero attached hydrogens (tertiary/aromatic N) is 4. The Morgan fingerprint density at radius 2 is 1.61 bits per heavy atom. The highest BCUT2D eigenvalue weighted by molar-refractivity contribution is 5.89. The van der Waals surface area contributed by atoms with Gasteiger partial charge in [-0.05, 0) is 59.3 Å². The van der Waals surface area contributed by atoms with E-state index in [2.05, 4.69) is 46.8 Å². The Labute approximate surface area is 332 Å². The summed E-state index contributed by atoms with van der Waals surface area (Å²) in [6.07, 6.45) is -0.898. The van der Waals surface area contributed by atoms with Gasteiger partial charge in [-0.15, -0.1) is 0 Å². The van der Waals surface area contributed by atoms with Gasteiger partial charge in [-0.2, -0.15) is 0 Å². The highest BCUT2D eigenvalue weighted by atomic mass is 16.5. The van der Waals surface area contributed by atoms with Crippen LogP contribution >= 0.6 is 0 Å². The number of alkyl carbamates (subject to hydrolysis) is 1. The van der Waals surface area contributed by atoms with Crippen molar-refractivity contribution in [2.24, 2.45) is 16.2 Å². The van der Waals surface area contributed by atoms with Gasteiger partial charge >= 0.3 is 12.1 Å². The zero-order valence-corrected chi connectivity index (χ0v) is 35.2. The number of nitrogens with one attached hydrogen (secondary N) is 4. The van der Waals surface area contributed by atoms with E-state index in [1.54, 1.807) is 14.8 Å². The van der Waals surface area contributed by atoms with Crippen LogP contribution in [0.3, 0.4) is 0 Å². The van der Waals surface area contributed by atoms with E-state index in [0.717, 1.165) is 28.0 Å². The van der Waals surface area contributed by atoms with Gasteiger partial charge in [-0.1, -0.05) is 98.7 Å². The number of methoxy groups -OCH3 is 1. The fraction of sp³-hybridized carbons (Fsp3) is 0.595. The van der Waals surface area contributed by atoms with Crippen LogP contribution in [0.5, 0.6) is 0 Å². The number of hydrazine groups is 1. The number of carbonyl (C=O) groups is 4. The number of H-pyrrole nitrogens is 1. The fourth-order valence-corrected chi connectivity index (χ4v) is 6.99. The summed E-state index contributed by atoms with van der Waals surface area (Å²) in [4.78, 5) is 65.6. The smallest absolute Gasteiger partial charge is 0.407 e. The summed E-state index contributed by atoms with van der Waals surface area (Å²) >= 11 is 0. The maximum Gasteiger partial charge on any atom is 0.407 e. The molecule has 56 heavy (non-hydrogen) atoms. The third-order valence-electron chi connectivity index (χ3n) is 10.0. The van der Waals surface area contributed by atoms with Crippen LogP contribution in [0, 0.1) is 23.2 Å². The molecule has 1 aromatic heterocycles. The molecule has 0 saturated carbocycles. The van der Waals surface area contributed by atoms with E-state index < -0.39 is 47.1 Å². The van der Waals surface area contributed by atoms with Crippen LogP contribution in [-0.4, -0.2) is 111 Å². The number of aliphatic hydroxyl groups is 1. The van der Waals surface area contributed by atoms with Crippen LogP contribution in [0.2, 0.25) is 0 Å². The second kappa shape index (κ2) is 18.1. The molecule has 308 valence electrons. The minimum absolute atomic E-state index is 0.0223. The largest absolute Gasteiger partial charge is 0.453 e. The molecule has 4 atom stereocenters. The number of ether oxygens (including phenoxy) is 1. The summed E-state index contributed by atoms with van der Waals surface area (Å²) in [5.41, 5.74) is 5.17. The van der Waals surface area contributed by atoms with Gasteiger partial charge in [0.1, 0.15) is 17.9 Å². The summed E-state index contributed by atoms with van der Waals surface area (Å²) in [5, 5.41) is 19.4. The van der Waals surface area contributed by atoms with Crippen LogP contribution in [0.25, 0.3) is 11.0 Å². The summed E-state index contributed by atoms with van der Waals surface area (Å²) < 4.78 is 4.79. The lowest BCUT2D eigenvalue weighted by molar-refractivity contribution is -0.133. The number of aromatic amines is 1. The number of aliphatic hydroxyl groups excluding tert-OH is 1. The molecule has 0 aliphatic carbocycles. The first-order valence-electron chi connectivity index (χ1n) is 19.5. The Balaban J connectivity index is 1.57. The second-order valence-electron chi connectivity index (χ2n) is 18.4. The molecule has 2 aromatic carbocycles. The van der Waals surface area contributed by atoms with Crippen molar-refractivity contribution in [3.8, 4) is 0 Å². The van der Waals surface area contributed by atoms with E-state index in [9.17, 15) is 24.3 Å². The van der Waals surface area contributed by atoms with Crippen LogP contribution in [0.1, 0.15) is 85.7 Å². The Bertz CT molecular complexity index is 1810. The number of fused-ring (bicyclic) bond motifs is 1. The molecule has 0 unspecified atom stereocenters. The van der Waals surface area contributed by atoms with Gasteiger partial charge in [-0.3, -0.25) is 15.0 Å². The quantitative estimate of drug-likeness (QED) is 0.132. The average molecular weight is 777 g/mol. The number of benzene rings is 2. The van der Waals surface area contributed by atoms with E-state index in [1.165, 1.54) is 7.11 Å². The Morgan fingerprint density at radius 1 is 0.929 bits per heavy atom. The van der Waals surface area contributed by atoms with Gasteiger partial charge < -0.3 is 35.3 Å². The number of aryl methyl sites for hydroxylation is 1. The molecular weight excluding hydrogens is 713 g/mol. The number of amides is 5. The van der Waals surface area contributed by atoms with Crippen molar-refractivity contribution in [3.63, 3.8) is 0 Å². The maximum absolute atomic E-state index is 14.5. The van der Waals surface area contributed by atoms with Gasteiger partial charge in [0.2, 0.25) is 5.91 Å². The molecule has 2 heterocycles. The number of aromatic nitrogens is 2. The SMILES string of the molecule is COC(=O)N[C@H](C(=O)NN(CCC(C)(C)C)C[C@H](O)[C@H](Cc1ccccc1)NC(=O)[C@@H](N1CCN(Cc2ccc3nc(C)[nH]c3c2)C1=O)C(C)(C)C)C(C)(C)C. The lowest BCUT2D eigenvalue weighted by atomic mass is 9.84. The maximum atomic E-state index is 14.5. The molecule has 1 fully saturated rings. The fourth-order valence-electron chi connectivity index (χ4n) is 6.99. The molecule has 4 rings (SSSR count). The zero-order chi connectivity index (χ0) is 41.6. The molecule has 14 nitrogen and oxygen atoms in total. The summed E-state index contributed by atoms with van der Waals surface area (Å²) in [5.74, 6) is -0.0145. The first kappa shape index (κ1) is 44.0. The lowest BCUT2D eigenvalue weighted by Gasteiger charge is -2.39. The second-order valence-corrected chi connectivity index (χ2v) is 18.4. The van der Waals surface area contributed by atoms with Crippen LogP contribution in [-0.2, 0) is 27.3 Å². The van der Waals surface area contributed by atoms with Crippen LogP contribution in [0.4, 0.5) is 9.59 Å². The molecule has 5 N–H and O–H groups in total. The lowest BCUT2D eigenvalue weighted by Crippen LogP contribution is -2.61. The predicted molar refractivity (Wildman–Crippen MR) is 217 cm³/mol. The summed E-state index contributed by atoms with van der Waals surface area (Å²) in [6.45, 7) is 21.1. The number of imidazole rings is 1. The predicted octanol–water partition coefficient (Wildman–Crippen LogP) is 5.15. The van der Waals surface area contributed by atoms with Crippen molar-refractivity contribution in [3.05, 3.63) is 65.5 Å². The van der Waals surface area contributed by atoms with E-state index in [0.29, 0.717) is 39.0 Å². The minimum atomic E-state index is -1.14. The monoisotopic (exact) mass is 776 g/mol. The number of carbonyl (C=O) groups excluding carboxylic acids is 4. The molecule has 5 amide bonds. The standard InChI is InChI=1S/C42H64N8O6/c1-27-43-30-18-17-29(24-31(30)44-27)25-48-21-22-50(39(48)55)35(42(8,9)10)37(53)45-32(23-28-15-13-12-14-16-28)33(51)26-49(20-19-40(2,3)4)47-36(52)34(41(5,6)7)46-38(54)56-11/h12-18,24,32-35,51H,19-23,25-26H2,1-11H3,(H,43,44)(H,45,53)(H,46,54)(H,47,52)/t32-,33-,34+,35+/m0/s1. The minimum Gasteiger partial charge on any atom is -0.453 e. The molecule has 1 aliphatic rings. The van der Waals surface area contributed by atoms with Crippen molar-refractivity contribution in [2.45, 2.75) is 113 Å². The third kappa shape index (κ3) is 12.2. The highest BCUT2D eigenvalue weighted by Gasteiger charge is 2.44. The van der Waals surface area contributed by atoms with Crippen LogP contribution < -0.4 is 16.1 Å². The van der Waals surface area contributed by atoms with Gasteiger partial charge in [0.15, 0.2) is 0 Å². The molecule has 14 heteroatoms. The van der Waals surface area contributed by atoms with Crippen molar-refractivity contribution < 1.29 is 29.0 Å². The molecule has 0 spiro atoms. The topological polar surface area (TPSA) is 172 Å². The van der Waals surface area contributed by atoms with Crippen molar-refractivity contribution >= 4 is 35.0 Å². The van der Waals surface area contributed by atoms with Crippen molar-refractivity contribution in [1.29, 1.82) is 0 Å².